The van der Waals surface area contributed by atoms with Crippen molar-refractivity contribution in [3.8, 4) is 0 Å². The zero-order valence-corrected chi connectivity index (χ0v) is 13.6. The van der Waals surface area contributed by atoms with Crippen LogP contribution in [0, 0.1) is 5.82 Å². The van der Waals surface area contributed by atoms with Crippen LogP contribution in [0.4, 0.5) is 10.1 Å². The molecule has 0 bridgehead atoms. The lowest BCUT2D eigenvalue weighted by molar-refractivity contribution is 0.0408. The van der Waals surface area contributed by atoms with Crippen LogP contribution in [0.25, 0.3) is 11.0 Å². The van der Waals surface area contributed by atoms with E-state index in [-0.39, 0.29) is 5.56 Å². The molecule has 0 aliphatic carbocycles. The highest BCUT2D eigenvalue weighted by atomic mass is 19.1. The largest absolute Gasteiger partial charge is 0.369 e. The molecular formula is C18H17FN4O2. The van der Waals surface area contributed by atoms with Crippen molar-refractivity contribution in [2.75, 3.05) is 18.0 Å². The Balaban J connectivity index is 1.55. The summed E-state index contributed by atoms with van der Waals surface area (Å²) in [6, 6.07) is 11.5. The monoisotopic (exact) mass is 340 g/mol. The van der Waals surface area contributed by atoms with E-state index in [0.717, 1.165) is 30.8 Å². The van der Waals surface area contributed by atoms with Crippen molar-refractivity contribution in [2.45, 2.75) is 19.3 Å². The first-order valence-corrected chi connectivity index (χ1v) is 8.30. The highest BCUT2D eigenvalue weighted by Gasteiger charge is 2.18. The van der Waals surface area contributed by atoms with Crippen molar-refractivity contribution in [3.63, 3.8) is 0 Å². The lowest BCUT2D eigenvalue weighted by Crippen LogP contribution is -2.30. The Kier molecular flexibility index (Phi) is 4.05. The lowest BCUT2D eigenvalue weighted by Gasteiger charge is -2.29. The van der Waals surface area contributed by atoms with Crippen LogP contribution in [-0.2, 0) is 0 Å². The molecule has 6 nitrogen and oxygen atoms in total. The van der Waals surface area contributed by atoms with Crippen molar-refractivity contribution < 1.29 is 14.0 Å². The quantitative estimate of drug-likeness (QED) is 0.686. The fraction of sp³-hybridized carbons (Fsp3) is 0.278. The molecule has 128 valence electrons. The van der Waals surface area contributed by atoms with Crippen LogP contribution in [0.3, 0.4) is 0 Å². The number of benzene rings is 2. The smallest absolute Gasteiger partial charge is 0.365 e. The number of hydrogen-bond donors (Lipinski definition) is 0. The topological polar surface area (TPSA) is 60.3 Å². The van der Waals surface area contributed by atoms with Gasteiger partial charge in [0.25, 0.3) is 0 Å². The fourth-order valence-corrected chi connectivity index (χ4v) is 3.07. The van der Waals surface area contributed by atoms with Gasteiger partial charge in [0.05, 0.1) is 11.3 Å². The number of carbonyl (C=O) groups is 1. The molecule has 4 rings (SSSR count). The summed E-state index contributed by atoms with van der Waals surface area (Å²) in [5, 5.41) is 7.71. The second kappa shape index (κ2) is 6.51. The molecule has 0 unspecified atom stereocenters. The van der Waals surface area contributed by atoms with Gasteiger partial charge in [-0.3, -0.25) is 0 Å². The summed E-state index contributed by atoms with van der Waals surface area (Å²) in [4.78, 5) is 20.6. The van der Waals surface area contributed by atoms with E-state index >= 15 is 0 Å². The third kappa shape index (κ3) is 3.05. The molecule has 0 atom stereocenters. The molecule has 1 aromatic heterocycles. The van der Waals surface area contributed by atoms with E-state index in [1.54, 1.807) is 30.3 Å². The first-order chi connectivity index (χ1) is 12.2. The molecule has 25 heavy (non-hydrogen) atoms. The van der Waals surface area contributed by atoms with Gasteiger partial charge >= 0.3 is 5.97 Å². The molecule has 3 aromatic rings. The third-order valence-corrected chi connectivity index (χ3v) is 4.37. The van der Waals surface area contributed by atoms with E-state index in [0.29, 0.717) is 16.7 Å². The molecule has 1 aliphatic heterocycles. The SMILES string of the molecule is O=C(On1nnc2ccccc21)c1ccc(N2CCCCC2)c(F)c1. The number of rotatable bonds is 3. The molecular weight excluding hydrogens is 323 g/mol. The number of nitrogens with zero attached hydrogens (tertiary/aromatic N) is 4. The summed E-state index contributed by atoms with van der Waals surface area (Å²) in [6.45, 7) is 1.68. The average molecular weight is 340 g/mol. The molecule has 2 aromatic carbocycles. The van der Waals surface area contributed by atoms with E-state index in [9.17, 15) is 9.18 Å². The van der Waals surface area contributed by atoms with Gasteiger partial charge in [-0.25, -0.2) is 9.18 Å². The first-order valence-electron chi connectivity index (χ1n) is 8.30. The minimum atomic E-state index is -0.681. The Morgan fingerprint density at radius 1 is 1.08 bits per heavy atom. The van der Waals surface area contributed by atoms with Crippen LogP contribution in [0.1, 0.15) is 29.6 Å². The Hall–Kier alpha value is -2.96. The molecule has 0 amide bonds. The van der Waals surface area contributed by atoms with E-state index in [2.05, 4.69) is 10.3 Å². The number of anilines is 1. The van der Waals surface area contributed by atoms with Crippen molar-refractivity contribution >= 4 is 22.7 Å². The highest BCUT2D eigenvalue weighted by molar-refractivity contribution is 5.90. The van der Waals surface area contributed by atoms with Crippen LogP contribution in [0.5, 0.6) is 0 Å². The zero-order chi connectivity index (χ0) is 17.2. The van der Waals surface area contributed by atoms with Gasteiger partial charge in [-0.2, -0.15) is 0 Å². The van der Waals surface area contributed by atoms with Crippen LogP contribution in [0.15, 0.2) is 42.5 Å². The number of hydrogen-bond acceptors (Lipinski definition) is 5. The van der Waals surface area contributed by atoms with Crippen molar-refractivity contribution in [2.24, 2.45) is 0 Å². The van der Waals surface area contributed by atoms with Crippen LogP contribution in [-0.4, -0.2) is 34.2 Å². The minimum absolute atomic E-state index is 0.137. The number of piperidine rings is 1. The van der Waals surface area contributed by atoms with Crippen LogP contribution in [0.2, 0.25) is 0 Å². The maximum Gasteiger partial charge on any atom is 0.365 e. The zero-order valence-electron chi connectivity index (χ0n) is 13.6. The summed E-state index contributed by atoms with van der Waals surface area (Å²) in [5.74, 6) is -1.10. The van der Waals surface area contributed by atoms with E-state index < -0.39 is 11.8 Å². The predicted octanol–water partition coefficient (Wildman–Crippen LogP) is 2.83. The number of fused-ring (bicyclic) bond motifs is 1. The van der Waals surface area contributed by atoms with Gasteiger partial charge in [0, 0.05) is 13.1 Å². The van der Waals surface area contributed by atoms with E-state index in [1.807, 2.05) is 11.0 Å². The van der Waals surface area contributed by atoms with Crippen LogP contribution < -0.4 is 9.74 Å². The molecule has 2 heterocycles. The summed E-state index contributed by atoms with van der Waals surface area (Å²) in [5.41, 5.74) is 1.85. The lowest BCUT2D eigenvalue weighted by atomic mass is 10.1. The summed E-state index contributed by atoms with van der Waals surface area (Å²) < 4.78 is 14.4. The number of para-hydroxylation sites is 1. The molecule has 0 radical (unpaired) electrons. The Bertz CT molecular complexity index is 918. The van der Waals surface area contributed by atoms with Crippen molar-refractivity contribution in [1.82, 2.24) is 15.2 Å². The molecule has 0 spiro atoms. The molecule has 0 saturated carbocycles. The van der Waals surface area contributed by atoms with Gasteiger partial charge < -0.3 is 9.74 Å². The molecule has 1 saturated heterocycles. The summed E-state index contributed by atoms with van der Waals surface area (Å²) in [6.07, 6.45) is 3.29. The van der Waals surface area contributed by atoms with E-state index in [1.165, 1.54) is 12.5 Å². The minimum Gasteiger partial charge on any atom is -0.369 e. The Labute approximate surface area is 143 Å². The Morgan fingerprint density at radius 3 is 2.68 bits per heavy atom. The van der Waals surface area contributed by atoms with E-state index in [4.69, 9.17) is 4.84 Å². The maximum absolute atomic E-state index is 14.4. The second-order valence-electron chi connectivity index (χ2n) is 6.04. The molecule has 1 aliphatic rings. The number of halogens is 1. The fourth-order valence-electron chi connectivity index (χ4n) is 3.07. The van der Waals surface area contributed by atoms with Gasteiger partial charge in [0.1, 0.15) is 16.9 Å². The van der Waals surface area contributed by atoms with Gasteiger partial charge in [0.15, 0.2) is 0 Å². The second-order valence-corrected chi connectivity index (χ2v) is 6.04. The molecule has 7 heteroatoms. The van der Waals surface area contributed by atoms with Crippen molar-refractivity contribution in [1.29, 1.82) is 0 Å². The van der Waals surface area contributed by atoms with Gasteiger partial charge in [-0.15, -0.1) is 5.10 Å². The summed E-state index contributed by atoms with van der Waals surface area (Å²) in [7, 11) is 0. The highest BCUT2D eigenvalue weighted by Crippen LogP contribution is 2.24. The van der Waals surface area contributed by atoms with Crippen molar-refractivity contribution in [3.05, 3.63) is 53.8 Å². The normalized spacial score (nSPS) is 14.7. The average Bonchev–Trinajstić information content (AvgIpc) is 3.05. The van der Waals surface area contributed by atoms with Gasteiger partial charge in [0.2, 0.25) is 0 Å². The van der Waals surface area contributed by atoms with Gasteiger partial charge in [-0.1, -0.05) is 17.0 Å². The maximum atomic E-state index is 14.4. The number of aromatic nitrogens is 3. The molecule has 0 N–H and O–H groups in total. The number of carbonyl (C=O) groups excluding carboxylic acids is 1. The predicted molar refractivity (Wildman–Crippen MR) is 90.9 cm³/mol. The first kappa shape index (κ1) is 15.6. The van der Waals surface area contributed by atoms with Crippen LogP contribution >= 0.6 is 0 Å². The molecule has 1 fully saturated rings. The Morgan fingerprint density at radius 2 is 1.88 bits per heavy atom. The van der Waals surface area contributed by atoms with Gasteiger partial charge in [-0.05, 0) is 54.8 Å². The third-order valence-electron chi connectivity index (χ3n) is 4.37. The summed E-state index contributed by atoms with van der Waals surface area (Å²) >= 11 is 0. The standard InChI is InChI=1S/C18H17FN4O2/c19-14-12-13(8-9-16(14)22-10-4-1-5-11-22)18(24)25-23-17-7-3-2-6-15(17)20-21-23/h2-3,6-9,12H,1,4-5,10-11H2.